The summed E-state index contributed by atoms with van der Waals surface area (Å²) < 4.78 is 41.3. The Morgan fingerprint density at radius 3 is 2.31 bits per heavy atom. The Balaban J connectivity index is 1.92. The third kappa shape index (κ3) is 5.47. The Morgan fingerprint density at radius 2 is 1.72 bits per heavy atom. The Bertz CT molecular complexity index is 1190. The predicted octanol–water partition coefficient (Wildman–Crippen LogP) is 5.25. The Labute approximate surface area is 192 Å². The van der Waals surface area contributed by atoms with E-state index < -0.39 is 28.3 Å². The van der Waals surface area contributed by atoms with Gasteiger partial charge >= 0.3 is 0 Å². The van der Waals surface area contributed by atoms with Crippen molar-refractivity contribution in [3.63, 3.8) is 0 Å². The topological polar surface area (TPSA) is 66.5 Å². The molecule has 3 aromatic rings. The quantitative estimate of drug-likeness (QED) is 0.485. The fourth-order valence-electron chi connectivity index (χ4n) is 3.27. The van der Waals surface area contributed by atoms with E-state index in [4.69, 9.17) is 11.6 Å². The zero-order valence-electron chi connectivity index (χ0n) is 17.8. The largest absolute Gasteiger partial charge is 0.348 e. The van der Waals surface area contributed by atoms with Crippen LogP contribution in [0.3, 0.4) is 0 Å². The second-order valence-corrected chi connectivity index (χ2v) is 9.63. The Kier molecular flexibility index (Phi) is 7.53. The molecule has 0 spiro atoms. The molecule has 1 N–H and O–H groups in total. The van der Waals surface area contributed by atoms with Gasteiger partial charge in [0.15, 0.2) is 0 Å². The first-order valence-electron chi connectivity index (χ1n) is 10.1. The number of amides is 1. The third-order valence-electron chi connectivity index (χ3n) is 5.03. The standard InChI is InChI=1S/C24H24ClFN2O3S/c1-3-23(18-11-9-17(2)10-12-18)27-24(29)16-28(19-13-14-22(26)21(25)15-19)32(30,31)20-7-5-4-6-8-20/h4-15,23H,3,16H2,1-2H3,(H,27,29)/t23-/m0/s1. The van der Waals surface area contributed by atoms with Gasteiger partial charge in [0.2, 0.25) is 5.91 Å². The minimum absolute atomic E-state index is 0.0128. The average Bonchev–Trinajstić information content (AvgIpc) is 2.79. The first-order chi connectivity index (χ1) is 15.2. The highest BCUT2D eigenvalue weighted by Gasteiger charge is 2.28. The molecule has 5 nitrogen and oxygen atoms in total. The number of rotatable bonds is 8. The summed E-state index contributed by atoms with van der Waals surface area (Å²) >= 11 is 5.89. The highest BCUT2D eigenvalue weighted by atomic mass is 35.5. The average molecular weight is 475 g/mol. The molecule has 32 heavy (non-hydrogen) atoms. The molecule has 168 valence electrons. The monoisotopic (exact) mass is 474 g/mol. The van der Waals surface area contributed by atoms with Crippen molar-refractivity contribution in [2.75, 3.05) is 10.8 Å². The third-order valence-corrected chi connectivity index (χ3v) is 7.11. The summed E-state index contributed by atoms with van der Waals surface area (Å²) in [6.45, 7) is 3.42. The van der Waals surface area contributed by atoms with Crippen molar-refractivity contribution >= 4 is 33.2 Å². The van der Waals surface area contributed by atoms with E-state index in [2.05, 4.69) is 5.32 Å². The van der Waals surface area contributed by atoms with Gasteiger partial charge in [-0.1, -0.05) is 66.6 Å². The van der Waals surface area contributed by atoms with Crippen molar-refractivity contribution in [3.8, 4) is 0 Å². The van der Waals surface area contributed by atoms with Crippen molar-refractivity contribution in [2.24, 2.45) is 0 Å². The van der Waals surface area contributed by atoms with E-state index in [1.165, 1.54) is 24.3 Å². The number of hydrogen-bond acceptors (Lipinski definition) is 3. The lowest BCUT2D eigenvalue weighted by molar-refractivity contribution is -0.120. The number of halogens is 2. The molecule has 0 aromatic heterocycles. The molecular weight excluding hydrogens is 451 g/mol. The minimum Gasteiger partial charge on any atom is -0.348 e. The first-order valence-corrected chi connectivity index (χ1v) is 11.9. The maximum atomic E-state index is 13.7. The molecule has 0 saturated heterocycles. The lowest BCUT2D eigenvalue weighted by atomic mass is 10.0. The number of hydrogen-bond donors (Lipinski definition) is 1. The Hall–Kier alpha value is -2.90. The van der Waals surface area contributed by atoms with Gasteiger partial charge in [-0.3, -0.25) is 9.10 Å². The summed E-state index contributed by atoms with van der Waals surface area (Å²) in [5, 5.41) is 2.67. The van der Waals surface area contributed by atoms with Crippen molar-refractivity contribution in [3.05, 3.63) is 94.8 Å². The maximum absolute atomic E-state index is 13.7. The highest BCUT2D eigenvalue weighted by Crippen LogP contribution is 2.28. The van der Waals surface area contributed by atoms with Crippen molar-refractivity contribution in [1.29, 1.82) is 0 Å². The van der Waals surface area contributed by atoms with Crippen LogP contribution in [0.15, 0.2) is 77.7 Å². The number of nitrogens with zero attached hydrogens (tertiary/aromatic N) is 1. The Morgan fingerprint density at radius 1 is 1.06 bits per heavy atom. The predicted molar refractivity (Wildman–Crippen MR) is 125 cm³/mol. The van der Waals surface area contributed by atoms with Crippen LogP contribution in [0.5, 0.6) is 0 Å². The van der Waals surface area contributed by atoms with Crippen LogP contribution in [0, 0.1) is 12.7 Å². The molecule has 1 amide bonds. The van der Waals surface area contributed by atoms with E-state index in [1.807, 2.05) is 38.1 Å². The van der Waals surface area contributed by atoms with Gasteiger partial charge in [0.25, 0.3) is 10.0 Å². The summed E-state index contributed by atoms with van der Waals surface area (Å²) in [6.07, 6.45) is 0.628. The number of benzene rings is 3. The van der Waals surface area contributed by atoms with Crippen LogP contribution in [0.4, 0.5) is 10.1 Å². The van der Waals surface area contributed by atoms with Crippen LogP contribution < -0.4 is 9.62 Å². The van der Waals surface area contributed by atoms with E-state index in [9.17, 15) is 17.6 Å². The van der Waals surface area contributed by atoms with Crippen LogP contribution in [0.1, 0.15) is 30.5 Å². The lowest BCUT2D eigenvalue weighted by Crippen LogP contribution is -2.42. The SMILES string of the molecule is CC[C@H](NC(=O)CN(c1ccc(F)c(Cl)c1)S(=O)(=O)c1ccccc1)c1ccc(C)cc1. The van der Waals surface area contributed by atoms with E-state index in [-0.39, 0.29) is 21.6 Å². The van der Waals surface area contributed by atoms with Gasteiger partial charge in [0, 0.05) is 0 Å². The zero-order chi connectivity index (χ0) is 23.3. The van der Waals surface area contributed by atoms with Gasteiger partial charge in [-0.2, -0.15) is 0 Å². The van der Waals surface area contributed by atoms with Crippen LogP contribution in [-0.4, -0.2) is 20.9 Å². The van der Waals surface area contributed by atoms with Crippen LogP contribution in [-0.2, 0) is 14.8 Å². The summed E-state index contributed by atoms with van der Waals surface area (Å²) in [4.78, 5) is 13.0. The zero-order valence-corrected chi connectivity index (χ0v) is 19.3. The molecule has 0 aliphatic rings. The molecule has 3 rings (SSSR count). The number of carbonyl (C=O) groups excluding carboxylic acids is 1. The lowest BCUT2D eigenvalue weighted by Gasteiger charge is -2.26. The van der Waals surface area contributed by atoms with Crippen LogP contribution in [0.25, 0.3) is 0 Å². The molecule has 8 heteroatoms. The van der Waals surface area contributed by atoms with Gasteiger partial charge in [-0.15, -0.1) is 0 Å². The number of aryl methyl sites for hydroxylation is 1. The second-order valence-electron chi connectivity index (χ2n) is 7.36. The maximum Gasteiger partial charge on any atom is 0.264 e. The number of sulfonamides is 1. The van der Waals surface area contributed by atoms with E-state index in [1.54, 1.807) is 18.2 Å². The molecule has 0 aliphatic heterocycles. The molecule has 1 atom stereocenters. The second kappa shape index (κ2) is 10.1. The van der Waals surface area contributed by atoms with E-state index in [0.29, 0.717) is 6.42 Å². The van der Waals surface area contributed by atoms with Crippen molar-refractivity contribution in [1.82, 2.24) is 5.32 Å². The number of nitrogens with one attached hydrogen (secondary N) is 1. The summed E-state index contributed by atoms with van der Waals surface area (Å²) in [7, 11) is -4.10. The molecule has 0 radical (unpaired) electrons. The summed E-state index contributed by atoms with van der Waals surface area (Å²) in [6, 6.07) is 18.8. The fourth-order valence-corrected chi connectivity index (χ4v) is 4.87. The summed E-state index contributed by atoms with van der Waals surface area (Å²) in [5.74, 6) is -1.17. The molecule has 0 unspecified atom stereocenters. The number of anilines is 1. The molecule has 0 aliphatic carbocycles. The first kappa shape index (κ1) is 23.8. The van der Waals surface area contributed by atoms with Crippen molar-refractivity contribution < 1.29 is 17.6 Å². The molecule has 3 aromatic carbocycles. The van der Waals surface area contributed by atoms with Gasteiger partial charge in [-0.05, 0) is 49.2 Å². The van der Waals surface area contributed by atoms with Gasteiger partial charge in [-0.25, -0.2) is 12.8 Å². The number of carbonyl (C=O) groups is 1. The summed E-state index contributed by atoms with van der Waals surface area (Å²) in [5.41, 5.74) is 2.12. The molecule has 0 saturated carbocycles. The normalized spacial score (nSPS) is 12.2. The highest BCUT2D eigenvalue weighted by molar-refractivity contribution is 7.92. The molecular formula is C24H24ClFN2O3S. The van der Waals surface area contributed by atoms with E-state index in [0.717, 1.165) is 21.5 Å². The smallest absolute Gasteiger partial charge is 0.264 e. The van der Waals surface area contributed by atoms with Crippen LogP contribution >= 0.6 is 11.6 Å². The molecule has 0 fully saturated rings. The van der Waals surface area contributed by atoms with Gasteiger partial charge in [0.1, 0.15) is 12.4 Å². The van der Waals surface area contributed by atoms with Gasteiger partial charge in [0.05, 0.1) is 21.6 Å². The van der Waals surface area contributed by atoms with Crippen LogP contribution in [0.2, 0.25) is 5.02 Å². The van der Waals surface area contributed by atoms with E-state index >= 15 is 0 Å². The van der Waals surface area contributed by atoms with Crippen molar-refractivity contribution in [2.45, 2.75) is 31.2 Å². The van der Waals surface area contributed by atoms with Gasteiger partial charge < -0.3 is 5.32 Å². The molecule has 0 heterocycles. The molecule has 0 bridgehead atoms. The fraction of sp³-hybridized carbons (Fsp3) is 0.208. The minimum atomic E-state index is -4.10.